The molecule has 1 aromatic carbocycles. The Hall–Kier alpha value is -1.71. The highest BCUT2D eigenvalue weighted by Gasteiger charge is 2.37. The van der Waals surface area contributed by atoms with Crippen LogP contribution < -0.4 is 0 Å². The molecular weight excluding hydrogens is 402 g/mol. The van der Waals surface area contributed by atoms with Gasteiger partial charge < -0.3 is 33.7 Å². The summed E-state index contributed by atoms with van der Waals surface area (Å²) in [5, 5.41) is 9.50. The fourth-order valence-corrected chi connectivity index (χ4v) is 4.02. The molecule has 1 amide bonds. The molecule has 0 saturated carbocycles. The van der Waals surface area contributed by atoms with E-state index in [4.69, 9.17) is 23.7 Å². The summed E-state index contributed by atoms with van der Waals surface area (Å²) >= 11 is 0. The number of likely N-dealkylation sites (tertiary alicyclic amines) is 1. The van der Waals surface area contributed by atoms with Gasteiger partial charge in [0.15, 0.2) is 6.29 Å². The molecule has 0 bridgehead atoms. The van der Waals surface area contributed by atoms with Crippen molar-refractivity contribution in [3.05, 3.63) is 35.9 Å². The van der Waals surface area contributed by atoms with Crippen LogP contribution in [0.25, 0.3) is 0 Å². The van der Waals surface area contributed by atoms with Crippen LogP contribution in [0.4, 0.5) is 4.79 Å². The first-order valence-corrected chi connectivity index (χ1v) is 11.3. The standard InChI is InChI=1S/C23H35NO7/c25-23(26)24-10-9-21(20(24)18-19-6-2-1-3-7-19)29-16-14-27-12-13-28-15-17-31-22-8-4-5-11-30-22/h1-3,6-7,20-22H,4-5,8-18H2,(H,25,26)/t20?,21-,22?/m0/s1. The summed E-state index contributed by atoms with van der Waals surface area (Å²) in [6, 6.07) is 9.77. The van der Waals surface area contributed by atoms with E-state index in [1.165, 1.54) is 4.90 Å². The van der Waals surface area contributed by atoms with Gasteiger partial charge in [-0.1, -0.05) is 30.3 Å². The van der Waals surface area contributed by atoms with Gasteiger partial charge in [-0.15, -0.1) is 0 Å². The summed E-state index contributed by atoms with van der Waals surface area (Å²) in [5.41, 5.74) is 1.11. The zero-order valence-corrected chi connectivity index (χ0v) is 18.2. The van der Waals surface area contributed by atoms with Gasteiger partial charge in [0.1, 0.15) is 0 Å². The van der Waals surface area contributed by atoms with Crippen molar-refractivity contribution in [3.8, 4) is 0 Å². The molecule has 0 aliphatic carbocycles. The minimum Gasteiger partial charge on any atom is -0.465 e. The Balaban J connectivity index is 1.24. The minimum absolute atomic E-state index is 0.0795. The highest BCUT2D eigenvalue weighted by Crippen LogP contribution is 2.24. The fraction of sp³-hybridized carbons (Fsp3) is 0.696. The van der Waals surface area contributed by atoms with Crippen LogP contribution in [0.15, 0.2) is 30.3 Å². The first-order chi connectivity index (χ1) is 15.2. The molecule has 8 nitrogen and oxygen atoms in total. The summed E-state index contributed by atoms with van der Waals surface area (Å²) in [5.74, 6) is 0. The van der Waals surface area contributed by atoms with Crippen molar-refractivity contribution in [2.45, 2.75) is 50.5 Å². The van der Waals surface area contributed by atoms with E-state index >= 15 is 0 Å². The third kappa shape index (κ3) is 8.38. The Bertz CT molecular complexity index is 624. The molecule has 3 rings (SSSR count). The highest BCUT2D eigenvalue weighted by atomic mass is 16.7. The van der Waals surface area contributed by atoms with Crippen molar-refractivity contribution >= 4 is 6.09 Å². The SMILES string of the molecule is O=C(O)N1CC[C@H](OCCOCCOCCOC2CCCCO2)C1Cc1ccccc1. The molecule has 2 aliphatic heterocycles. The summed E-state index contributed by atoms with van der Waals surface area (Å²) < 4.78 is 28.2. The van der Waals surface area contributed by atoms with Crippen LogP contribution in [0.5, 0.6) is 0 Å². The van der Waals surface area contributed by atoms with Gasteiger partial charge in [0, 0.05) is 13.2 Å². The number of nitrogens with zero attached hydrogens (tertiary/aromatic N) is 1. The summed E-state index contributed by atoms with van der Waals surface area (Å²) in [4.78, 5) is 13.1. The lowest BCUT2D eigenvalue weighted by molar-refractivity contribution is -0.169. The monoisotopic (exact) mass is 437 g/mol. The maximum atomic E-state index is 11.6. The lowest BCUT2D eigenvalue weighted by atomic mass is 10.0. The van der Waals surface area contributed by atoms with E-state index in [9.17, 15) is 9.90 Å². The molecule has 2 heterocycles. The van der Waals surface area contributed by atoms with Gasteiger partial charge in [0.25, 0.3) is 0 Å². The number of benzene rings is 1. The maximum absolute atomic E-state index is 11.6. The Morgan fingerprint density at radius 3 is 2.35 bits per heavy atom. The number of hydrogen-bond donors (Lipinski definition) is 1. The number of amides is 1. The van der Waals surface area contributed by atoms with E-state index in [1.807, 2.05) is 30.3 Å². The number of carbonyl (C=O) groups is 1. The van der Waals surface area contributed by atoms with Crippen LogP contribution in [0.3, 0.4) is 0 Å². The average Bonchev–Trinajstić information content (AvgIpc) is 3.19. The maximum Gasteiger partial charge on any atom is 0.407 e. The topological polar surface area (TPSA) is 86.7 Å². The molecular formula is C23H35NO7. The Morgan fingerprint density at radius 1 is 0.968 bits per heavy atom. The summed E-state index contributed by atoms with van der Waals surface area (Å²) in [6.45, 7) is 4.21. The molecule has 8 heteroatoms. The van der Waals surface area contributed by atoms with Gasteiger partial charge in [-0.25, -0.2) is 4.79 Å². The van der Waals surface area contributed by atoms with E-state index in [1.54, 1.807) is 0 Å². The first-order valence-electron chi connectivity index (χ1n) is 11.3. The first kappa shape index (κ1) is 23.9. The van der Waals surface area contributed by atoms with Crippen LogP contribution in [0, 0.1) is 0 Å². The van der Waals surface area contributed by atoms with Gasteiger partial charge >= 0.3 is 6.09 Å². The molecule has 1 N–H and O–H groups in total. The number of carboxylic acid groups (broad SMARTS) is 1. The Kier molecular flexibility index (Phi) is 10.5. The number of rotatable bonds is 13. The molecule has 3 atom stereocenters. The number of ether oxygens (including phenoxy) is 5. The summed E-state index contributed by atoms with van der Waals surface area (Å²) in [6.07, 6.45) is 3.50. The van der Waals surface area contributed by atoms with Crippen LogP contribution in [0.2, 0.25) is 0 Å². The van der Waals surface area contributed by atoms with E-state index in [0.29, 0.717) is 59.0 Å². The van der Waals surface area contributed by atoms with E-state index in [0.717, 1.165) is 31.4 Å². The molecule has 0 spiro atoms. The predicted molar refractivity (Wildman–Crippen MR) is 114 cm³/mol. The minimum atomic E-state index is -0.889. The van der Waals surface area contributed by atoms with Crippen molar-refractivity contribution in [2.75, 3.05) is 52.8 Å². The Labute approximate surface area is 184 Å². The third-order valence-electron chi connectivity index (χ3n) is 5.62. The molecule has 0 aromatic heterocycles. The third-order valence-corrected chi connectivity index (χ3v) is 5.62. The molecule has 174 valence electrons. The predicted octanol–water partition coefficient (Wildman–Crippen LogP) is 2.94. The summed E-state index contributed by atoms with van der Waals surface area (Å²) in [7, 11) is 0. The molecule has 2 aliphatic rings. The lowest BCUT2D eigenvalue weighted by Gasteiger charge is -2.26. The molecule has 31 heavy (non-hydrogen) atoms. The van der Waals surface area contributed by atoms with Crippen molar-refractivity contribution in [3.63, 3.8) is 0 Å². The van der Waals surface area contributed by atoms with Gasteiger partial charge in [0.2, 0.25) is 0 Å². The second-order valence-corrected chi connectivity index (χ2v) is 7.82. The van der Waals surface area contributed by atoms with Crippen molar-refractivity contribution < 1.29 is 33.6 Å². The van der Waals surface area contributed by atoms with Crippen molar-refractivity contribution in [1.29, 1.82) is 0 Å². The quantitative estimate of drug-likeness (QED) is 0.475. The van der Waals surface area contributed by atoms with Gasteiger partial charge in [-0.05, 0) is 37.7 Å². The van der Waals surface area contributed by atoms with Crippen molar-refractivity contribution in [2.24, 2.45) is 0 Å². The Morgan fingerprint density at radius 2 is 1.68 bits per heavy atom. The zero-order chi connectivity index (χ0) is 21.7. The second kappa shape index (κ2) is 13.6. The number of hydrogen-bond acceptors (Lipinski definition) is 6. The van der Waals surface area contributed by atoms with E-state index in [2.05, 4.69) is 0 Å². The average molecular weight is 438 g/mol. The van der Waals surface area contributed by atoms with E-state index < -0.39 is 6.09 Å². The van der Waals surface area contributed by atoms with Crippen LogP contribution in [-0.4, -0.2) is 87.3 Å². The molecule has 2 saturated heterocycles. The lowest BCUT2D eigenvalue weighted by Crippen LogP contribution is -2.41. The van der Waals surface area contributed by atoms with Crippen LogP contribution in [0.1, 0.15) is 31.2 Å². The smallest absolute Gasteiger partial charge is 0.407 e. The second-order valence-electron chi connectivity index (χ2n) is 7.82. The molecule has 0 radical (unpaired) electrons. The van der Waals surface area contributed by atoms with E-state index in [-0.39, 0.29) is 18.4 Å². The normalized spacial score (nSPS) is 23.9. The fourth-order valence-electron chi connectivity index (χ4n) is 4.02. The van der Waals surface area contributed by atoms with Gasteiger partial charge in [0.05, 0.1) is 51.8 Å². The van der Waals surface area contributed by atoms with Crippen LogP contribution in [-0.2, 0) is 30.1 Å². The largest absolute Gasteiger partial charge is 0.465 e. The molecule has 1 aromatic rings. The van der Waals surface area contributed by atoms with Crippen LogP contribution >= 0.6 is 0 Å². The molecule has 2 unspecified atom stereocenters. The zero-order valence-electron chi connectivity index (χ0n) is 18.2. The van der Waals surface area contributed by atoms with Crippen molar-refractivity contribution in [1.82, 2.24) is 4.90 Å². The van der Waals surface area contributed by atoms with Gasteiger partial charge in [-0.2, -0.15) is 0 Å². The molecule has 2 fully saturated rings. The van der Waals surface area contributed by atoms with Gasteiger partial charge in [-0.3, -0.25) is 0 Å². The highest BCUT2D eigenvalue weighted by molar-refractivity contribution is 5.66.